The Kier molecular flexibility index (Phi) is 15.5. The number of fused-ring (bicyclic) bond motifs is 7. The van der Waals surface area contributed by atoms with Gasteiger partial charge in [-0.1, -0.05) is 107 Å². The van der Waals surface area contributed by atoms with E-state index in [1.807, 2.05) is 0 Å². The summed E-state index contributed by atoms with van der Waals surface area (Å²) in [7, 11) is -0.353. The van der Waals surface area contributed by atoms with Gasteiger partial charge in [0.1, 0.15) is 0 Å². The molecule has 6 atom stereocenters. The van der Waals surface area contributed by atoms with Gasteiger partial charge in [0.25, 0.3) is 0 Å². The molecule has 2 aromatic rings. The van der Waals surface area contributed by atoms with E-state index in [4.69, 9.17) is 0 Å². The van der Waals surface area contributed by atoms with Gasteiger partial charge in [-0.2, -0.15) is 0 Å². The first kappa shape index (κ1) is 38.7. The van der Waals surface area contributed by atoms with Crippen molar-refractivity contribution >= 4 is 74.9 Å². The normalized spacial score (nSPS) is 28.6. The maximum absolute atomic E-state index is 2.83. The molecule has 4 fully saturated rings. The van der Waals surface area contributed by atoms with E-state index in [0.29, 0.717) is 6.04 Å². The zero-order chi connectivity index (χ0) is 32.0. The van der Waals surface area contributed by atoms with Crippen molar-refractivity contribution in [1.29, 1.82) is 0 Å². The van der Waals surface area contributed by atoms with E-state index in [1.165, 1.54) is 99.8 Å². The fraction of sp³-hybridized carbons (Fsp3) is 0.561. The number of hydrogen-bond donors (Lipinski definition) is 0. The van der Waals surface area contributed by atoms with Crippen LogP contribution in [0.1, 0.15) is 94.9 Å². The second-order valence-electron chi connectivity index (χ2n) is 14.3. The van der Waals surface area contributed by atoms with E-state index >= 15 is 0 Å². The molecule has 0 spiro atoms. The molecule has 0 aromatic heterocycles. The first-order chi connectivity index (χ1) is 22.4. The topological polar surface area (TPSA) is 6.48 Å². The Bertz CT molecular complexity index is 1400. The summed E-state index contributed by atoms with van der Waals surface area (Å²) in [5.74, 6) is 3.66. The first-order valence-corrected chi connectivity index (χ1v) is 36.7. The Morgan fingerprint density at radius 3 is 1.83 bits per heavy atom. The van der Waals surface area contributed by atoms with Gasteiger partial charge in [0.15, 0.2) is 0 Å². The molecule has 4 aliphatic heterocycles. The molecule has 1 saturated carbocycles. The van der Waals surface area contributed by atoms with Crippen LogP contribution in [0, 0.1) is 23.7 Å². The number of piperidine rings is 3. The van der Waals surface area contributed by atoms with E-state index < -0.39 is 0 Å². The second-order valence-corrected chi connectivity index (χ2v) is 63.0. The predicted molar refractivity (Wildman–Crippen MR) is 241 cm³/mol. The average molecular weight is 1080 g/mol. The third kappa shape index (κ3) is 9.89. The Morgan fingerprint density at radius 1 is 0.702 bits per heavy atom. The van der Waals surface area contributed by atoms with E-state index in [-0.39, 0.29) is 15.3 Å². The van der Waals surface area contributed by atoms with Crippen molar-refractivity contribution in [1.82, 2.24) is 9.80 Å². The molecule has 3 saturated heterocycles. The van der Waals surface area contributed by atoms with Crippen LogP contribution in [-0.2, 0) is 12.8 Å². The summed E-state index contributed by atoms with van der Waals surface area (Å²) in [6, 6.07) is 19.5. The summed E-state index contributed by atoms with van der Waals surface area (Å²) in [5.41, 5.74) is 9.23. The number of nitrogens with zero attached hydrogens (tertiary/aromatic N) is 2. The predicted octanol–water partition coefficient (Wildman–Crippen LogP) is 13.0. The molecular weight excluding hydrogens is 1030 g/mol. The van der Waals surface area contributed by atoms with Crippen molar-refractivity contribution in [3.8, 4) is 0 Å². The SMILES string of the molecule is C.CCC1CC2C=CC1N(CCC1=CCc3ccccc31)C2.CCC1CC2CCC1N(CCC1=CCc3ccccc31)C2.II(I)I. The van der Waals surface area contributed by atoms with Crippen LogP contribution in [0.15, 0.2) is 72.8 Å². The van der Waals surface area contributed by atoms with Gasteiger partial charge in [-0.05, 0) is 108 Å². The van der Waals surface area contributed by atoms with Gasteiger partial charge in [-0.25, -0.2) is 0 Å². The van der Waals surface area contributed by atoms with Crippen LogP contribution in [0.5, 0.6) is 0 Å². The van der Waals surface area contributed by atoms with Gasteiger partial charge >= 0.3 is 63.7 Å². The molecule has 0 amide bonds. The molecule has 4 aliphatic carbocycles. The molecule has 6 unspecified atom stereocenters. The van der Waals surface area contributed by atoms with Crippen molar-refractivity contribution in [3.63, 3.8) is 0 Å². The van der Waals surface area contributed by atoms with Crippen molar-refractivity contribution in [2.75, 3.05) is 26.2 Å². The Morgan fingerprint density at radius 2 is 1.28 bits per heavy atom. The quantitative estimate of drug-likeness (QED) is 0.192. The van der Waals surface area contributed by atoms with Gasteiger partial charge < -0.3 is 0 Å². The maximum atomic E-state index is 2.83. The second kappa shape index (κ2) is 18.8. The minimum absolute atomic E-state index is 0. The Balaban J connectivity index is 0.000000163. The molecule has 4 heterocycles. The molecule has 0 N–H and O–H groups in total. The monoisotopic (exact) mass is 1080 g/mol. The van der Waals surface area contributed by atoms with Crippen LogP contribution < -0.4 is 0 Å². The summed E-state index contributed by atoms with van der Waals surface area (Å²) in [5, 5.41) is 0. The van der Waals surface area contributed by atoms with E-state index in [0.717, 1.165) is 42.6 Å². The Hall–Kier alpha value is 0.500. The number of rotatable bonds is 8. The minimum atomic E-state index is -0.353. The Labute approximate surface area is 323 Å². The van der Waals surface area contributed by atoms with Gasteiger partial charge in [-0.15, -0.1) is 0 Å². The molecule has 258 valence electrons. The zero-order valence-corrected chi connectivity index (χ0v) is 36.3. The molecule has 0 radical (unpaired) electrons. The standard InChI is InChI=1S/C20H27N.C20H25N.CH4.I4/c2*1-2-16-13-15-7-10-20(16)21(14-15)12-11-18-9-8-17-5-3-4-6-19(17)18;;1-4(2)3/h3-6,9,15-16,20H,2,7-8,10-14H2,1H3;3-7,9-10,15-16,20H,2,8,11-14H2,1H3;1H4;. The fourth-order valence-electron chi connectivity index (χ4n) is 9.53. The van der Waals surface area contributed by atoms with Crippen molar-refractivity contribution < 1.29 is 0 Å². The van der Waals surface area contributed by atoms with Crippen LogP contribution in [0.2, 0.25) is 0 Å². The summed E-state index contributed by atoms with van der Waals surface area (Å²) < 4.78 is 0. The summed E-state index contributed by atoms with van der Waals surface area (Å²) in [6.07, 6.45) is 23.2. The van der Waals surface area contributed by atoms with Gasteiger partial charge in [-0.3, -0.25) is 9.80 Å². The van der Waals surface area contributed by atoms with Gasteiger partial charge in [0, 0.05) is 38.3 Å². The third-order valence-corrected chi connectivity index (χ3v) is 11.8. The van der Waals surface area contributed by atoms with Crippen molar-refractivity contribution in [2.24, 2.45) is 23.7 Å². The molecule has 8 aliphatic rings. The molecule has 10 rings (SSSR count). The van der Waals surface area contributed by atoms with Crippen molar-refractivity contribution in [2.45, 2.75) is 97.6 Å². The molecule has 47 heavy (non-hydrogen) atoms. The summed E-state index contributed by atoms with van der Waals surface area (Å²) >= 11 is 7.42. The summed E-state index contributed by atoms with van der Waals surface area (Å²) in [4.78, 5) is 5.57. The summed E-state index contributed by atoms with van der Waals surface area (Å²) in [6.45, 7) is 9.90. The van der Waals surface area contributed by atoms with E-state index in [1.54, 1.807) is 11.1 Å². The average Bonchev–Trinajstić information content (AvgIpc) is 3.71. The van der Waals surface area contributed by atoms with Crippen LogP contribution in [-0.4, -0.2) is 48.1 Å². The van der Waals surface area contributed by atoms with Crippen molar-refractivity contribution in [3.05, 3.63) is 95.1 Å². The van der Waals surface area contributed by atoms with Gasteiger partial charge in [0.05, 0.1) is 0 Å². The van der Waals surface area contributed by atoms with E-state index in [2.05, 4.69) is 152 Å². The first-order valence-electron chi connectivity index (χ1n) is 17.8. The van der Waals surface area contributed by atoms with Gasteiger partial charge in [0.2, 0.25) is 0 Å². The molecular formula is C41H56I4N2. The van der Waals surface area contributed by atoms with Crippen LogP contribution >= 0.6 is 63.7 Å². The third-order valence-electron chi connectivity index (χ3n) is 11.8. The number of allylic oxidation sites excluding steroid dienone is 2. The molecule has 4 bridgehead atoms. The van der Waals surface area contributed by atoms with Crippen LogP contribution in [0.3, 0.4) is 0 Å². The van der Waals surface area contributed by atoms with Crippen LogP contribution in [0.25, 0.3) is 11.1 Å². The molecule has 2 aromatic carbocycles. The molecule has 2 nitrogen and oxygen atoms in total. The fourth-order valence-corrected chi connectivity index (χ4v) is 9.53. The number of halogens is 4. The molecule has 6 heteroatoms. The van der Waals surface area contributed by atoms with E-state index in [9.17, 15) is 0 Å². The number of hydrogen-bond acceptors (Lipinski definition) is 2. The number of benzene rings is 2. The van der Waals surface area contributed by atoms with Crippen LogP contribution in [0.4, 0.5) is 0 Å². The zero-order valence-electron chi connectivity index (χ0n) is 27.7.